The van der Waals surface area contributed by atoms with Gasteiger partial charge >= 0.3 is 17.9 Å². The Bertz CT molecular complexity index is 1490. The van der Waals surface area contributed by atoms with Crippen LogP contribution in [0.25, 0.3) is 0 Å². The molecule has 70 heavy (non-hydrogen) atoms. The van der Waals surface area contributed by atoms with Gasteiger partial charge in [0.2, 0.25) is 0 Å². The van der Waals surface area contributed by atoms with E-state index in [0.717, 1.165) is 148 Å². The molecule has 6 nitrogen and oxygen atoms in total. The predicted molar refractivity (Wildman–Crippen MR) is 302 cm³/mol. The van der Waals surface area contributed by atoms with E-state index in [4.69, 9.17) is 14.2 Å². The van der Waals surface area contributed by atoms with Crippen molar-refractivity contribution in [1.82, 2.24) is 0 Å². The first-order valence-electron chi connectivity index (χ1n) is 28.5. The van der Waals surface area contributed by atoms with Crippen LogP contribution >= 0.6 is 0 Å². The van der Waals surface area contributed by atoms with Gasteiger partial charge < -0.3 is 14.2 Å². The molecule has 0 aromatic carbocycles. The van der Waals surface area contributed by atoms with E-state index in [1.165, 1.54) is 57.8 Å². The fourth-order valence-electron chi connectivity index (χ4n) is 7.41. The van der Waals surface area contributed by atoms with Crippen molar-refractivity contribution in [3.63, 3.8) is 0 Å². The summed E-state index contributed by atoms with van der Waals surface area (Å²) in [7, 11) is 0. The fourth-order valence-corrected chi connectivity index (χ4v) is 7.41. The van der Waals surface area contributed by atoms with Crippen molar-refractivity contribution in [3.8, 4) is 0 Å². The van der Waals surface area contributed by atoms with Crippen LogP contribution in [-0.2, 0) is 28.6 Å². The molecule has 0 bridgehead atoms. The first-order chi connectivity index (χ1) is 34.5. The van der Waals surface area contributed by atoms with Crippen molar-refractivity contribution in [1.29, 1.82) is 0 Å². The number of hydrogen-bond donors (Lipinski definition) is 0. The van der Waals surface area contributed by atoms with Crippen LogP contribution in [0, 0.1) is 0 Å². The molecule has 6 heteroatoms. The summed E-state index contributed by atoms with van der Waals surface area (Å²) < 4.78 is 16.7. The highest BCUT2D eigenvalue weighted by Gasteiger charge is 2.19. The van der Waals surface area contributed by atoms with Crippen molar-refractivity contribution < 1.29 is 28.6 Å². The molecule has 1 atom stereocenters. The summed E-state index contributed by atoms with van der Waals surface area (Å²) in [5, 5.41) is 0. The minimum Gasteiger partial charge on any atom is -0.462 e. The molecule has 0 N–H and O–H groups in total. The second-order valence-electron chi connectivity index (χ2n) is 18.5. The van der Waals surface area contributed by atoms with Crippen molar-refractivity contribution in [2.24, 2.45) is 0 Å². The first kappa shape index (κ1) is 65.8. The van der Waals surface area contributed by atoms with Gasteiger partial charge in [-0.1, -0.05) is 239 Å². The van der Waals surface area contributed by atoms with Gasteiger partial charge in [0, 0.05) is 19.3 Å². The van der Waals surface area contributed by atoms with Gasteiger partial charge in [0.25, 0.3) is 0 Å². The third-order valence-electron chi connectivity index (χ3n) is 11.7. The molecule has 396 valence electrons. The molecule has 0 amide bonds. The van der Waals surface area contributed by atoms with Crippen LogP contribution in [-0.4, -0.2) is 37.2 Å². The maximum absolute atomic E-state index is 12.7. The van der Waals surface area contributed by atoms with Crippen LogP contribution in [0.5, 0.6) is 0 Å². The Kier molecular flexibility index (Phi) is 54.0. The van der Waals surface area contributed by atoms with E-state index in [-0.39, 0.29) is 31.1 Å². The molecule has 0 fully saturated rings. The highest BCUT2D eigenvalue weighted by Crippen LogP contribution is 2.14. The average Bonchev–Trinajstić information content (AvgIpc) is 3.36. The van der Waals surface area contributed by atoms with Crippen LogP contribution in [0.2, 0.25) is 0 Å². The summed E-state index contributed by atoms with van der Waals surface area (Å²) in [6.07, 6.45) is 79.5. The number of ether oxygens (including phenoxy) is 3. The lowest BCUT2D eigenvalue weighted by Crippen LogP contribution is -2.30. The minimum atomic E-state index is -0.786. The Hall–Kier alpha value is -4.19. The quantitative estimate of drug-likeness (QED) is 0.0262. The summed E-state index contributed by atoms with van der Waals surface area (Å²) in [6.45, 7) is 6.37. The largest absolute Gasteiger partial charge is 0.462 e. The molecule has 0 heterocycles. The number of unbranched alkanes of at least 4 members (excludes halogenated alkanes) is 19. The molecule has 0 radical (unpaired) electrons. The van der Waals surface area contributed by atoms with E-state index in [0.29, 0.717) is 19.3 Å². The van der Waals surface area contributed by atoms with E-state index in [2.05, 4.69) is 142 Å². The zero-order chi connectivity index (χ0) is 50.7. The second-order valence-corrected chi connectivity index (χ2v) is 18.5. The van der Waals surface area contributed by atoms with Crippen molar-refractivity contribution in [3.05, 3.63) is 122 Å². The van der Waals surface area contributed by atoms with Gasteiger partial charge in [-0.3, -0.25) is 14.4 Å². The molecule has 0 saturated heterocycles. The lowest BCUT2D eigenvalue weighted by atomic mass is 10.1. The number of allylic oxidation sites excluding steroid dienone is 20. The van der Waals surface area contributed by atoms with Crippen LogP contribution in [0.15, 0.2) is 122 Å². The zero-order valence-electron chi connectivity index (χ0n) is 45.2. The molecule has 0 saturated carbocycles. The summed E-state index contributed by atoms with van der Waals surface area (Å²) >= 11 is 0. The second kappa shape index (κ2) is 57.4. The van der Waals surface area contributed by atoms with E-state index < -0.39 is 6.10 Å². The van der Waals surface area contributed by atoms with Gasteiger partial charge in [-0.15, -0.1) is 0 Å². The summed E-state index contributed by atoms with van der Waals surface area (Å²) in [5.74, 6) is -0.930. The third-order valence-corrected chi connectivity index (χ3v) is 11.7. The Morgan fingerprint density at radius 2 is 0.571 bits per heavy atom. The Labute approximate surface area is 431 Å². The molecule has 1 unspecified atom stereocenters. The smallest absolute Gasteiger partial charge is 0.306 e. The standard InChI is InChI=1S/C64H104O6/c1-4-7-10-13-15-17-19-21-23-24-25-26-27-28-29-30-31-32-33-34-35-36-37-38-39-40-41-43-44-46-48-51-54-57-63(66)69-60-61(59-68-62(65)56-53-50-12-9-6-3)70-64(67)58-55-52-49-47-45-42-22-20-18-16-14-11-8-5-2/h7,10,14-17,20-23,25-26,28-29,31-32,34-35,37-38,61H,4-6,8-9,11-13,18-19,24,27,30,33,36,39-60H2,1-3H3/b10-7-,16-14-,17-15-,22-20-,23-21-,26-25-,29-28-,32-31-,35-34-,38-37-. The van der Waals surface area contributed by atoms with Crippen LogP contribution in [0.4, 0.5) is 0 Å². The molecule has 0 rings (SSSR count). The lowest BCUT2D eigenvalue weighted by Gasteiger charge is -2.18. The van der Waals surface area contributed by atoms with Gasteiger partial charge in [0.15, 0.2) is 6.10 Å². The van der Waals surface area contributed by atoms with Gasteiger partial charge in [-0.25, -0.2) is 0 Å². The van der Waals surface area contributed by atoms with Gasteiger partial charge in [-0.2, -0.15) is 0 Å². The monoisotopic (exact) mass is 969 g/mol. The van der Waals surface area contributed by atoms with Crippen molar-refractivity contribution in [2.75, 3.05) is 13.2 Å². The van der Waals surface area contributed by atoms with E-state index in [1.807, 2.05) is 0 Å². The fraction of sp³-hybridized carbons (Fsp3) is 0.641. The maximum atomic E-state index is 12.7. The number of carbonyl (C=O) groups is 3. The third kappa shape index (κ3) is 54.7. The van der Waals surface area contributed by atoms with Gasteiger partial charge in [0.05, 0.1) is 0 Å². The molecular weight excluding hydrogens is 865 g/mol. The SMILES string of the molecule is CC/C=C\C/C=C\C/C=C\C/C=C\C/C=C\C/C=C\C/C=C\C/C=C\CCCCCCCCCCC(=O)OCC(COC(=O)CCCCCCC)OC(=O)CCCCCCC/C=C\C/C=C\CCCC. The topological polar surface area (TPSA) is 78.9 Å². The molecule has 0 aromatic heterocycles. The van der Waals surface area contributed by atoms with Crippen LogP contribution in [0.1, 0.15) is 245 Å². The predicted octanol–water partition coefficient (Wildman–Crippen LogP) is 19.3. The van der Waals surface area contributed by atoms with Gasteiger partial charge in [-0.05, 0) is 109 Å². The Morgan fingerprint density at radius 1 is 0.300 bits per heavy atom. The maximum Gasteiger partial charge on any atom is 0.306 e. The van der Waals surface area contributed by atoms with Crippen molar-refractivity contribution in [2.45, 2.75) is 252 Å². The molecule has 0 aromatic rings. The van der Waals surface area contributed by atoms with Gasteiger partial charge in [0.1, 0.15) is 13.2 Å². The number of hydrogen-bond acceptors (Lipinski definition) is 6. The van der Waals surface area contributed by atoms with Crippen LogP contribution in [0.3, 0.4) is 0 Å². The summed E-state index contributed by atoms with van der Waals surface area (Å²) in [5.41, 5.74) is 0. The molecule has 0 aliphatic carbocycles. The number of carbonyl (C=O) groups excluding carboxylic acids is 3. The molecular formula is C64H104O6. The number of esters is 3. The first-order valence-corrected chi connectivity index (χ1v) is 28.5. The van der Waals surface area contributed by atoms with E-state index in [1.54, 1.807) is 0 Å². The zero-order valence-corrected chi connectivity index (χ0v) is 45.2. The van der Waals surface area contributed by atoms with Crippen LogP contribution < -0.4 is 0 Å². The summed E-state index contributed by atoms with van der Waals surface area (Å²) in [6, 6.07) is 0. The Morgan fingerprint density at radius 3 is 0.914 bits per heavy atom. The highest BCUT2D eigenvalue weighted by atomic mass is 16.6. The number of rotatable bonds is 50. The Balaban J connectivity index is 4.08. The average molecular weight is 970 g/mol. The van der Waals surface area contributed by atoms with E-state index in [9.17, 15) is 14.4 Å². The highest BCUT2D eigenvalue weighted by molar-refractivity contribution is 5.71. The van der Waals surface area contributed by atoms with Crippen molar-refractivity contribution >= 4 is 17.9 Å². The molecule has 0 aliphatic heterocycles. The molecule has 0 spiro atoms. The minimum absolute atomic E-state index is 0.0885. The molecule has 0 aliphatic rings. The van der Waals surface area contributed by atoms with E-state index >= 15 is 0 Å². The normalized spacial score (nSPS) is 13.0. The summed E-state index contributed by atoms with van der Waals surface area (Å²) in [4.78, 5) is 37.7. The lowest BCUT2D eigenvalue weighted by molar-refractivity contribution is -0.167.